The van der Waals surface area contributed by atoms with Crippen molar-refractivity contribution in [2.45, 2.75) is 115 Å². The highest BCUT2D eigenvalue weighted by atomic mass is 28.5. The lowest BCUT2D eigenvalue weighted by atomic mass is 10.1. The van der Waals surface area contributed by atoms with Crippen molar-refractivity contribution >= 4 is 23.2 Å². The summed E-state index contributed by atoms with van der Waals surface area (Å²) >= 11 is 0. The van der Waals surface area contributed by atoms with Gasteiger partial charge in [-0.15, -0.1) is 0 Å². The first-order valence-corrected chi connectivity index (χ1v) is 19.6. The van der Waals surface area contributed by atoms with Crippen molar-refractivity contribution in [3.63, 3.8) is 0 Å². The first-order valence-electron chi connectivity index (χ1n) is 15.6. The molecule has 0 radical (unpaired) electrons. The monoisotopic (exact) mass is 643 g/mol. The molecule has 2 saturated heterocycles. The van der Waals surface area contributed by atoms with Crippen LogP contribution in [0.3, 0.4) is 0 Å². The number of alkyl carbamates (subject to hydrolysis) is 1. The normalized spacial score (nSPS) is 25.1. The van der Waals surface area contributed by atoms with Crippen molar-refractivity contribution in [1.29, 1.82) is 0 Å². The Morgan fingerprint density at radius 1 is 1.02 bits per heavy atom. The second-order valence-electron chi connectivity index (χ2n) is 12.7. The number of ether oxygens (including phenoxy) is 2. The van der Waals surface area contributed by atoms with Crippen LogP contribution in [0.2, 0.25) is 22.2 Å². The topological polar surface area (TPSA) is 168 Å². The zero-order chi connectivity index (χ0) is 31.9. The molecule has 43 heavy (non-hydrogen) atoms. The molecule has 5 N–H and O–H groups in total. The van der Waals surface area contributed by atoms with Gasteiger partial charge < -0.3 is 38.8 Å². The fraction of sp³-hybridized carbons (Fsp3) is 0.821. The number of carbonyl (C=O) groups is 1. The maximum absolute atomic E-state index is 13.1. The van der Waals surface area contributed by atoms with Gasteiger partial charge in [-0.05, 0) is 54.6 Å². The van der Waals surface area contributed by atoms with Crippen LogP contribution >= 0.6 is 0 Å². The highest BCUT2D eigenvalue weighted by Crippen LogP contribution is 2.48. The molecule has 2 aliphatic rings. The summed E-state index contributed by atoms with van der Waals surface area (Å²) in [7, 11) is -5.92. The Hall–Kier alpha value is -1.86. The number of rotatable bonds is 13. The summed E-state index contributed by atoms with van der Waals surface area (Å²) in [5.41, 5.74) is 4.66. The molecule has 3 rings (SSSR count). The summed E-state index contributed by atoms with van der Waals surface area (Å²) < 4.78 is 34.9. The zero-order valence-corrected chi connectivity index (χ0v) is 29.0. The molecule has 1 aromatic heterocycles. The van der Waals surface area contributed by atoms with E-state index in [-0.39, 0.29) is 28.8 Å². The average Bonchev–Trinajstić information content (AvgIpc) is 3.22. The van der Waals surface area contributed by atoms with Crippen LogP contribution in [0.5, 0.6) is 0 Å². The van der Waals surface area contributed by atoms with Crippen LogP contribution in [0.15, 0.2) is 21.9 Å². The van der Waals surface area contributed by atoms with E-state index in [9.17, 15) is 14.4 Å². The van der Waals surface area contributed by atoms with Crippen LogP contribution in [0.4, 0.5) is 4.79 Å². The molecule has 1 aromatic rings. The lowest BCUT2D eigenvalue weighted by Gasteiger charge is -2.51. The van der Waals surface area contributed by atoms with Gasteiger partial charge in [0.25, 0.3) is 5.56 Å². The number of amides is 1. The number of aromatic amines is 1. The van der Waals surface area contributed by atoms with E-state index < -0.39 is 59.0 Å². The number of carbonyl (C=O) groups excluding carboxylic acids is 1. The van der Waals surface area contributed by atoms with Gasteiger partial charge >= 0.3 is 28.9 Å². The quantitative estimate of drug-likeness (QED) is 0.185. The Balaban J connectivity index is 1.97. The van der Waals surface area contributed by atoms with Crippen LogP contribution in [0.1, 0.15) is 74.5 Å². The lowest BCUT2D eigenvalue weighted by molar-refractivity contribution is -0.0609. The molecule has 0 unspecified atom stereocenters. The smallest absolute Gasteiger partial charge is 0.407 e. The number of hydrogen-bond acceptors (Lipinski definition) is 10. The molecule has 0 spiro atoms. The Bertz CT molecular complexity index is 1140. The molecule has 2 aliphatic heterocycles. The maximum Gasteiger partial charge on any atom is 0.407 e. The highest BCUT2D eigenvalue weighted by Gasteiger charge is 2.62. The van der Waals surface area contributed by atoms with E-state index in [1.54, 1.807) is 0 Å². The molecule has 246 valence electrons. The SMILES string of the molecule is CC(C)[Si]1(C(C)C)OC[C@H]2O[C@@H](n3ccc(=O)[nH]c3=O)[C@H](OC(=O)NCCCNCCCN)[C@@H]2O[Si](C(C)C)(C(C)C)O1. The molecule has 0 bridgehead atoms. The zero-order valence-electron chi connectivity index (χ0n) is 27.0. The number of hydrogen-bond donors (Lipinski definition) is 4. The second kappa shape index (κ2) is 15.4. The van der Waals surface area contributed by atoms with Crippen LogP contribution in [-0.4, -0.2) is 83.9 Å². The number of aromatic nitrogens is 2. The summed E-state index contributed by atoms with van der Waals surface area (Å²) in [6.45, 7) is 19.6. The van der Waals surface area contributed by atoms with E-state index in [1.165, 1.54) is 16.8 Å². The van der Waals surface area contributed by atoms with E-state index in [2.05, 4.69) is 71.0 Å². The molecule has 4 atom stereocenters. The molecule has 0 aromatic carbocycles. The number of nitrogens with two attached hydrogens (primary N) is 1. The van der Waals surface area contributed by atoms with Crippen LogP contribution in [-0.2, 0) is 22.4 Å². The minimum atomic E-state index is -3.08. The van der Waals surface area contributed by atoms with Gasteiger partial charge in [0, 0.05) is 18.8 Å². The molecule has 13 nitrogen and oxygen atoms in total. The van der Waals surface area contributed by atoms with Gasteiger partial charge in [-0.1, -0.05) is 55.4 Å². The van der Waals surface area contributed by atoms with E-state index in [0.29, 0.717) is 19.5 Å². The van der Waals surface area contributed by atoms with E-state index in [1.807, 2.05) is 0 Å². The molecule has 2 fully saturated rings. The van der Waals surface area contributed by atoms with Crippen molar-refractivity contribution in [2.75, 3.05) is 32.8 Å². The van der Waals surface area contributed by atoms with Gasteiger partial charge in [-0.25, -0.2) is 9.59 Å². The molecule has 1 amide bonds. The van der Waals surface area contributed by atoms with Gasteiger partial charge in [0.1, 0.15) is 12.2 Å². The van der Waals surface area contributed by atoms with Gasteiger partial charge in [0.15, 0.2) is 12.3 Å². The molecule has 3 heterocycles. The van der Waals surface area contributed by atoms with Crippen molar-refractivity contribution < 1.29 is 27.2 Å². The first-order chi connectivity index (χ1) is 20.3. The Labute approximate surface area is 257 Å². The average molecular weight is 644 g/mol. The summed E-state index contributed by atoms with van der Waals surface area (Å²) in [4.78, 5) is 40.2. The largest absolute Gasteiger partial charge is 0.439 e. The van der Waals surface area contributed by atoms with Gasteiger partial charge in [0.2, 0.25) is 0 Å². The van der Waals surface area contributed by atoms with Crippen molar-refractivity contribution in [1.82, 2.24) is 20.2 Å². The van der Waals surface area contributed by atoms with Gasteiger partial charge in [-0.2, -0.15) is 0 Å². The summed E-state index contributed by atoms with van der Waals surface area (Å²) in [6, 6.07) is 1.23. The summed E-state index contributed by atoms with van der Waals surface area (Å²) in [5, 5.41) is 6.08. The van der Waals surface area contributed by atoms with Gasteiger partial charge in [-0.3, -0.25) is 14.3 Å². The predicted octanol–water partition coefficient (Wildman–Crippen LogP) is 2.81. The number of nitrogens with zero attached hydrogens (tertiary/aromatic N) is 1. The first kappa shape index (κ1) is 35.6. The Kier molecular flexibility index (Phi) is 12.8. The third-order valence-corrected chi connectivity index (χ3v) is 18.6. The van der Waals surface area contributed by atoms with Crippen molar-refractivity contribution in [3.05, 3.63) is 33.1 Å². The molecular formula is C28H53N5O8Si2. The standard InChI is InChI=1S/C28H53N5O8Si2/c1-18(2)42(19(3)4)37-17-22-24(40-43(41-42,20(5)6)21(7)8)25(26(38-22)33-16-11-23(34)32-27(33)35)39-28(36)31-15-10-14-30-13-9-12-29/h11,16,18-22,24-26,30H,9-10,12-15,17,29H2,1-8H3,(H,31,36)(H,32,34,35)/t22-,24-,25-,26-/m1/s1. The minimum absolute atomic E-state index is 0.0373. The molecule has 15 heteroatoms. The Morgan fingerprint density at radius 2 is 1.65 bits per heavy atom. The fourth-order valence-electron chi connectivity index (χ4n) is 6.02. The van der Waals surface area contributed by atoms with E-state index in [0.717, 1.165) is 19.5 Å². The van der Waals surface area contributed by atoms with Crippen LogP contribution in [0.25, 0.3) is 0 Å². The third-order valence-electron chi connectivity index (χ3n) is 8.34. The fourth-order valence-corrected chi connectivity index (χ4v) is 17.2. The summed E-state index contributed by atoms with van der Waals surface area (Å²) in [5.74, 6) is 0. The Morgan fingerprint density at radius 3 is 2.23 bits per heavy atom. The van der Waals surface area contributed by atoms with Crippen molar-refractivity contribution in [3.8, 4) is 0 Å². The lowest BCUT2D eigenvalue weighted by Crippen LogP contribution is -2.66. The maximum atomic E-state index is 13.1. The molecule has 0 saturated carbocycles. The third kappa shape index (κ3) is 8.06. The van der Waals surface area contributed by atoms with E-state index >= 15 is 0 Å². The number of fused-ring (bicyclic) bond motifs is 1. The summed E-state index contributed by atoms with van der Waals surface area (Å²) in [6.07, 6.45) is -1.21. The minimum Gasteiger partial charge on any atom is -0.439 e. The second-order valence-corrected chi connectivity index (χ2v) is 21.5. The van der Waals surface area contributed by atoms with E-state index in [4.69, 9.17) is 28.2 Å². The van der Waals surface area contributed by atoms with Crippen LogP contribution < -0.4 is 27.6 Å². The molecular weight excluding hydrogens is 591 g/mol. The number of H-pyrrole nitrogens is 1. The van der Waals surface area contributed by atoms with Crippen molar-refractivity contribution in [2.24, 2.45) is 5.73 Å². The number of nitrogens with one attached hydrogen (secondary N) is 3. The molecule has 0 aliphatic carbocycles. The van der Waals surface area contributed by atoms with Gasteiger partial charge in [0.05, 0.1) is 6.61 Å². The highest BCUT2D eigenvalue weighted by molar-refractivity contribution is 6.84. The van der Waals surface area contributed by atoms with Crippen LogP contribution in [0, 0.1) is 0 Å². The predicted molar refractivity (Wildman–Crippen MR) is 168 cm³/mol.